The Morgan fingerprint density at radius 3 is 1.92 bits per heavy atom. The number of anilines is 1. The van der Waals surface area contributed by atoms with Gasteiger partial charge in [-0.05, 0) is 67.1 Å². The van der Waals surface area contributed by atoms with Gasteiger partial charge in [-0.15, -0.1) is 0 Å². The van der Waals surface area contributed by atoms with Crippen molar-refractivity contribution in [2.75, 3.05) is 25.5 Å². The number of hydrogen-bond donors (Lipinski definition) is 8. The highest BCUT2D eigenvalue weighted by Crippen LogP contribution is 2.68. The number of amides is 1. The molecule has 0 spiro atoms. The zero-order valence-corrected chi connectivity index (χ0v) is 23.2. The van der Waals surface area contributed by atoms with Crippen LogP contribution in [0.4, 0.5) is 5.69 Å². The second kappa shape index (κ2) is 12.7. The molecule has 212 valence electrons. The molecule has 0 saturated heterocycles. The minimum Gasteiger partial charge on any atom is -0.508 e. The number of aromatic hydroxyl groups is 2. The predicted molar refractivity (Wildman–Crippen MR) is 142 cm³/mol. The number of hydrogen-bond acceptors (Lipinski definition) is 7. The van der Waals surface area contributed by atoms with Crippen LogP contribution in [-0.4, -0.2) is 70.9 Å². The Hall–Kier alpha value is -2.27. The molecular weight excluding hydrogens is 538 g/mol. The monoisotopic (exact) mass is 574 g/mol. The summed E-state index contributed by atoms with van der Waals surface area (Å²) in [7, 11) is -9.82. The van der Waals surface area contributed by atoms with Gasteiger partial charge in [0.1, 0.15) is 11.5 Å². The molecular formula is C24H36N2O10P2. The van der Waals surface area contributed by atoms with Gasteiger partial charge in [-0.25, -0.2) is 0 Å². The first kappa shape index (κ1) is 31.9. The van der Waals surface area contributed by atoms with Gasteiger partial charge in [0.05, 0.1) is 12.2 Å². The molecule has 2 aromatic carbocycles. The third-order valence-corrected chi connectivity index (χ3v) is 10.5. The largest absolute Gasteiger partial charge is 0.508 e. The van der Waals surface area contributed by atoms with Crippen LogP contribution >= 0.6 is 15.2 Å². The number of likely N-dealkylation sites (N-methyl/N-ethyl adjacent to an activating group) is 1. The van der Waals surface area contributed by atoms with Crippen LogP contribution < -0.4 is 5.32 Å². The maximum absolute atomic E-state index is 12.6. The molecule has 0 aliphatic rings. The molecule has 8 N–H and O–H groups in total. The van der Waals surface area contributed by atoms with E-state index in [4.69, 9.17) is 0 Å². The second-order valence-corrected chi connectivity index (χ2v) is 13.3. The van der Waals surface area contributed by atoms with E-state index in [-0.39, 0.29) is 35.6 Å². The summed E-state index contributed by atoms with van der Waals surface area (Å²) >= 11 is 0. The summed E-state index contributed by atoms with van der Waals surface area (Å²) in [6, 6.07) is 11.9. The molecule has 14 heteroatoms. The highest BCUT2D eigenvalue weighted by Gasteiger charge is 2.58. The normalized spacial score (nSPS) is 14.3. The van der Waals surface area contributed by atoms with E-state index in [9.17, 15) is 48.8 Å². The fourth-order valence-electron chi connectivity index (χ4n) is 4.43. The molecule has 0 aliphatic carbocycles. The van der Waals surface area contributed by atoms with E-state index in [2.05, 4.69) is 12.2 Å². The number of rotatable bonds is 13. The average Bonchev–Trinajstić information content (AvgIpc) is 2.81. The van der Waals surface area contributed by atoms with Crippen LogP contribution in [0.15, 0.2) is 42.5 Å². The molecule has 2 unspecified atom stereocenters. The molecule has 0 fully saturated rings. The van der Waals surface area contributed by atoms with Crippen molar-refractivity contribution in [1.29, 1.82) is 0 Å². The summed E-state index contributed by atoms with van der Waals surface area (Å²) in [6.45, 7) is 3.31. The molecule has 1 amide bonds. The molecule has 12 nitrogen and oxygen atoms in total. The Morgan fingerprint density at radius 2 is 1.42 bits per heavy atom. The van der Waals surface area contributed by atoms with E-state index in [1.807, 2.05) is 19.1 Å². The first-order valence-corrected chi connectivity index (χ1v) is 15.2. The number of aliphatic hydroxyl groups is 1. The van der Waals surface area contributed by atoms with Gasteiger partial charge in [0.25, 0.3) is 5.08 Å². The van der Waals surface area contributed by atoms with E-state index >= 15 is 0 Å². The molecule has 2 atom stereocenters. The van der Waals surface area contributed by atoms with Gasteiger partial charge in [-0.1, -0.05) is 32.0 Å². The number of benzene rings is 2. The third-order valence-electron chi connectivity index (χ3n) is 6.58. The van der Waals surface area contributed by atoms with Crippen molar-refractivity contribution >= 4 is 26.8 Å². The minimum absolute atomic E-state index is 0.0430. The van der Waals surface area contributed by atoms with Crippen molar-refractivity contribution in [1.82, 2.24) is 4.90 Å². The van der Waals surface area contributed by atoms with Crippen LogP contribution in [0.3, 0.4) is 0 Å². The van der Waals surface area contributed by atoms with Gasteiger partial charge in [0.2, 0.25) is 5.91 Å². The van der Waals surface area contributed by atoms with E-state index in [1.165, 1.54) is 18.0 Å². The summed E-state index contributed by atoms with van der Waals surface area (Å²) in [5.41, 5.74) is 2.08. The summed E-state index contributed by atoms with van der Waals surface area (Å²) in [4.78, 5) is 50.9. The lowest BCUT2D eigenvalue weighted by Crippen LogP contribution is -2.36. The van der Waals surface area contributed by atoms with Gasteiger partial charge < -0.3 is 40.2 Å². The smallest absolute Gasteiger partial charge is 0.369 e. The van der Waals surface area contributed by atoms with Crippen LogP contribution in [0.2, 0.25) is 0 Å². The summed E-state index contributed by atoms with van der Waals surface area (Å²) in [5.74, 6) is -0.448. The fraction of sp³-hybridized carbons (Fsp3) is 0.458. The first-order valence-electron chi connectivity index (χ1n) is 12.0. The Bertz CT molecular complexity index is 1170. The molecule has 0 radical (unpaired) electrons. The van der Waals surface area contributed by atoms with E-state index < -0.39 is 39.1 Å². The molecule has 0 saturated carbocycles. The Balaban J connectivity index is 2.15. The van der Waals surface area contributed by atoms with Crippen LogP contribution in [0, 0.1) is 0 Å². The Morgan fingerprint density at radius 1 is 0.921 bits per heavy atom. The molecule has 0 heterocycles. The van der Waals surface area contributed by atoms with E-state index in [0.29, 0.717) is 0 Å². The van der Waals surface area contributed by atoms with Gasteiger partial charge >= 0.3 is 15.2 Å². The first-order chi connectivity index (χ1) is 17.5. The van der Waals surface area contributed by atoms with Gasteiger partial charge in [0.15, 0.2) is 0 Å². The van der Waals surface area contributed by atoms with E-state index in [1.54, 1.807) is 24.3 Å². The summed E-state index contributed by atoms with van der Waals surface area (Å²) < 4.78 is 23.0. The summed E-state index contributed by atoms with van der Waals surface area (Å²) in [6.07, 6.45) is 0.592. The van der Waals surface area contributed by atoms with Crippen molar-refractivity contribution in [3.8, 4) is 11.5 Å². The lowest BCUT2D eigenvalue weighted by atomic mass is 9.78. The lowest BCUT2D eigenvalue weighted by Gasteiger charge is -2.30. The predicted octanol–water partition coefficient (Wildman–Crippen LogP) is 3.05. The molecule has 38 heavy (non-hydrogen) atoms. The lowest BCUT2D eigenvalue weighted by molar-refractivity contribution is -0.117. The fourth-order valence-corrected chi connectivity index (χ4v) is 6.57. The summed E-state index contributed by atoms with van der Waals surface area (Å²) in [5, 5.41) is 29.0. The molecule has 2 rings (SSSR count). The van der Waals surface area contributed by atoms with Gasteiger partial charge in [-0.2, -0.15) is 0 Å². The topological polar surface area (TPSA) is 208 Å². The van der Waals surface area contributed by atoms with Crippen molar-refractivity contribution in [2.24, 2.45) is 0 Å². The number of carbonyl (C=O) groups is 1. The van der Waals surface area contributed by atoms with E-state index in [0.717, 1.165) is 24.0 Å². The van der Waals surface area contributed by atoms with Gasteiger partial charge in [-0.3, -0.25) is 18.8 Å². The maximum Gasteiger partial charge on any atom is 0.369 e. The van der Waals surface area contributed by atoms with Crippen molar-refractivity contribution in [3.05, 3.63) is 53.6 Å². The number of phenols is 2. The minimum atomic E-state index is -5.60. The molecule has 0 bridgehead atoms. The third kappa shape index (κ3) is 7.65. The maximum atomic E-state index is 12.6. The molecule has 2 aromatic rings. The van der Waals surface area contributed by atoms with Gasteiger partial charge in [0, 0.05) is 13.0 Å². The zero-order valence-electron chi connectivity index (χ0n) is 21.4. The van der Waals surface area contributed by atoms with Crippen LogP contribution in [0.25, 0.3) is 0 Å². The molecule has 0 aliphatic heterocycles. The van der Waals surface area contributed by atoms with Crippen molar-refractivity contribution in [3.63, 3.8) is 0 Å². The highest BCUT2D eigenvalue weighted by atomic mass is 31.2. The highest BCUT2D eigenvalue weighted by molar-refractivity contribution is 7.72. The van der Waals surface area contributed by atoms with Crippen LogP contribution in [0.1, 0.15) is 56.1 Å². The Labute approximate surface area is 221 Å². The van der Waals surface area contributed by atoms with Crippen molar-refractivity contribution in [2.45, 2.75) is 50.0 Å². The zero-order chi connectivity index (χ0) is 28.9. The number of carbonyl (C=O) groups excluding carboxylic acids is 1. The average molecular weight is 575 g/mol. The van der Waals surface area contributed by atoms with Crippen LogP contribution in [-0.2, 0) is 13.9 Å². The second-order valence-electron chi connectivity index (χ2n) is 9.30. The molecule has 0 aromatic heterocycles. The number of nitrogens with one attached hydrogen (secondary N) is 1. The van der Waals surface area contributed by atoms with Crippen LogP contribution in [0.5, 0.6) is 11.5 Å². The number of nitrogens with zero attached hydrogens (tertiary/aromatic N) is 1. The number of phenolic OH excluding ortho intramolecular Hbond substituents is 2. The van der Waals surface area contributed by atoms with Crippen molar-refractivity contribution < 1.29 is 48.8 Å². The quantitative estimate of drug-likeness (QED) is 0.129. The Kier molecular flexibility index (Phi) is 10.7. The standard InChI is InChI=1S/C24H36N2O10P2/c1-4-19(16-6-9-18(27)10-7-16)20(5-2)17-8-11-22(28)21(14-17)25-23(29)15-26(3)13-12-24(30,37(31,32)33)38(34,35)36/h6-11,14,19-20,27-28,30H,4-5,12-13,15H2,1-3H3,(H,25,29)(H2,31,32,33)(H2,34,35,36). The SMILES string of the molecule is CCC(c1ccc(O)cc1)C(CC)c1ccc(O)c(NC(=O)CN(C)CCC(O)(P(=O)(O)O)P(=O)(O)O)c1.